The first-order valence-electron chi connectivity index (χ1n) is 9.69. The average Bonchev–Trinajstić information content (AvgIpc) is 2.73. The topological polar surface area (TPSA) is 58.6 Å². The van der Waals surface area contributed by atoms with Crippen LogP contribution in [0.1, 0.15) is 12.8 Å². The van der Waals surface area contributed by atoms with Crippen molar-refractivity contribution >= 4 is 35.6 Å². The van der Waals surface area contributed by atoms with E-state index in [0.29, 0.717) is 13.2 Å². The third kappa shape index (κ3) is 8.40. The second kappa shape index (κ2) is 14.7. The number of hydrogen-bond donors (Lipinski definition) is 1. The summed E-state index contributed by atoms with van der Waals surface area (Å²) in [6, 6.07) is 8.26. The van der Waals surface area contributed by atoms with Crippen molar-refractivity contribution < 1.29 is 14.2 Å². The molecular weight excluding hydrogens is 471 g/mol. The van der Waals surface area contributed by atoms with E-state index >= 15 is 0 Å². The minimum atomic E-state index is 0. The summed E-state index contributed by atoms with van der Waals surface area (Å²) in [4.78, 5) is 9.16. The zero-order valence-electron chi connectivity index (χ0n) is 17.4. The quantitative estimate of drug-likeness (QED) is 0.228. The monoisotopic (exact) mass is 506 g/mol. The molecule has 0 atom stereocenters. The molecule has 7 nitrogen and oxygen atoms in total. The molecule has 8 heteroatoms. The first-order chi connectivity index (χ1) is 13.3. The minimum Gasteiger partial charge on any atom is -0.497 e. The molecule has 0 unspecified atom stereocenters. The lowest BCUT2D eigenvalue weighted by atomic mass is 10.2. The fraction of sp³-hybridized carbons (Fsp3) is 0.650. The molecule has 1 saturated heterocycles. The van der Waals surface area contributed by atoms with Crippen molar-refractivity contribution in [2.45, 2.75) is 12.8 Å². The van der Waals surface area contributed by atoms with Gasteiger partial charge in [-0.25, -0.2) is 0 Å². The van der Waals surface area contributed by atoms with Crippen LogP contribution in [-0.2, 0) is 9.47 Å². The highest BCUT2D eigenvalue weighted by atomic mass is 127. The highest BCUT2D eigenvalue weighted by Crippen LogP contribution is 2.22. The standard InChI is InChI=1S/C20H34N4O3.HI/c1-21-20(22-9-4-5-14-27-16-15-25-2)24-12-10-23(11-13-24)18-7-6-8-19(17-18)26-3;/h6-8,17H,4-5,9-16H2,1-3H3,(H,21,22);1H. The van der Waals surface area contributed by atoms with Gasteiger partial charge in [-0.05, 0) is 25.0 Å². The van der Waals surface area contributed by atoms with E-state index < -0.39 is 0 Å². The van der Waals surface area contributed by atoms with E-state index in [1.807, 2.05) is 19.2 Å². The van der Waals surface area contributed by atoms with Gasteiger partial charge in [0, 0.05) is 65.2 Å². The minimum absolute atomic E-state index is 0. The number of rotatable bonds is 10. The maximum Gasteiger partial charge on any atom is 0.193 e. The Labute approximate surface area is 186 Å². The van der Waals surface area contributed by atoms with Crippen LogP contribution in [0.25, 0.3) is 0 Å². The van der Waals surface area contributed by atoms with E-state index in [0.717, 1.165) is 63.9 Å². The lowest BCUT2D eigenvalue weighted by Gasteiger charge is -2.37. The molecule has 0 spiro atoms. The van der Waals surface area contributed by atoms with Gasteiger partial charge in [-0.3, -0.25) is 4.99 Å². The molecule has 1 N–H and O–H groups in total. The average molecular weight is 506 g/mol. The number of halogens is 1. The molecule has 28 heavy (non-hydrogen) atoms. The van der Waals surface area contributed by atoms with Gasteiger partial charge in [-0.15, -0.1) is 24.0 Å². The second-order valence-electron chi connectivity index (χ2n) is 6.46. The molecule has 1 aliphatic rings. The smallest absolute Gasteiger partial charge is 0.193 e. The summed E-state index contributed by atoms with van der Waals surface area (Å²) in [5.41, 5.74) is 1.21. The summed E-state index contributed by atoms with van der Waals surface area (Å²) < 4.78 is 15.8. The molecule has 0 bridgehead atoms. The van der Waals surface area contributed by atoms with Crippen LogP contribution in [0.4, 0.5) is 5.69 Å². The molecule has 1 heterocycles. The lowest BCUT2D eigenvalue weighted by molar-refractivity contribution is 0.0689. The molecule has 2 rings (SSSR count). The van der Waals surface area contributed by atoms with Gasteiger partial charge in [0.2, 0.25) is 0 Å². The molecule has 160 valence electrons. The van der Waals surface area contributed by atoms with Gasteiger partial charge < -0.3 is 29.3 Å². The molecular formula is C20H35IN4O3. The van der Waals surface area contributed by atoms with Crippen molar-refractivity contribution in [3.8, 4) is 5.75 Å². The number of nitrogens with zero attached hydrogens (tertiary/aromatic N) is 3. The molecule has 1 fully saturated rings. The fourth-order valence-electron chi connectivity index (χ4n) is 3.09. The Bertz CT molecular complexity index is 566. The van der Waals surface area contributed by atoms with Gasteiger partial charge in [-0.2, -0.15) is 0 Å². The largest absolute Gasteiger partial charge is 0.497 e. The van der Waals surface area contributed by atoms with Gasteiger partial charge in [0.15, 0.2) is 5.96 Å². The summed E-state index contributed by atoms with van der Waals surface area (Å²) in [5, 5.41) is 3.47. The molecule has 0 aliphatic carbocycles. The van der Waals surface area contributed by atoms with Crippen LogP contribution in [0.2, 0.25) is 0 Å². The second-order valence-corrected chi connectivity index (χ2v) is 6.46. The highest BCUT2D eigenvalue weighted by Gasteiger charge is 2.19. The van der Waals surface area contributed by atoms with E-state index in [9.17, 15) is 0 Å². The first kappa shape index (κ1) is 24.8. The van der Waals surface area contributed by atoms with Crippen LogP contribution in [0.15, 0.2) is 29.3 Å². The third-order valence-corrected chi connectivity index (χ3v) is 4.64. The van der Waals surface area contributed by atoms with Crippen LogP contribution in [0.3, 0.4) is 0 Å². The zero-order chi connectivity index (χ0) is 19.3. The van der Waals surface area contributed by atoms with Crippen molar-refractivity contribution in [2.24, 2.45) is 4.99 Å². The van der Waals surface area contributed by atoms with Crippen molar-refractivity contribution in [3.63, 3.8) is 0 Å². The number of benzene rings is 1. The number of guanidine groups is 1. The number of methoxy groups -OCH3 is 2. The maximum atomic E-state index is 5.49. The van der Waals surface area contributed by atoms with Gasteiger partial charge in [-0.1, -0.05) is 6.07 Å². The number of ether oxygens (including phenoxy) is 3. The molecule has 1 aliphatic heterocycles. The summed E-state index contributed by atoms with van der Waals surface area (Å²) >= 11 is 0. The van der Waals surface area contributed by atoms with Crippen molar-refractivity contribution in [3.05, 3.63) is 24.3 Å². The van der Waals surface area contributed by atoms with Crippen LogP contribution >= 0.6 is 24.0 Å². The Morgan fingerprint density at radius 1 is 1.07 bits per heavy atom. The maximum absolute atomic E-state index is 5.49. The van der Waals surface area contributed by atoms with Crippen molar-refractivity contribution in [1.82, 2.24) is 10.2 Å². The van der Waals surface area contributed by atoms with Gasteiger partial charge in [0.25, 0.3) is 0 Å². The summed E-state index contributed by atoms with van der Waals surface area (Å²) in [6.07, 6.45) is 2.10. The molecule has 0 aromatic heterocycles. The number of nitrogens with one attached hydrogen (secondary N) is 1. The van der Waals surface area contributed by atoms with E-state index in [1.54, 1.807) is 14.2 Å². The Balaban J connectivity index is 0.00000392. The zero-order valence-corrected chi connectivity index (χ0v) is 19.7. The van der Waals surface area contributed by atoms with E-state index in [2.05, 4.69) is 32.2 Å². The molecule has 1 aromatic carbocycles. The van der Waals surface area contributed by atoms with Crippen LogP contribution in [-0.4, -0.2) is 84.7 Å². The Kier molecular flexibility index (Phi) is 13.0. The molecule has 0 saturated carbocycles. The first-order valence-corrected chi connectivity index (χ1v) is 9.69. The fourth-order valence-corrected chi connectivity index (χ4v) is 3.09. The number of unbranched alkanes of at least 4 members (excludes halogenated alkanes) is 1. The predicted octanol–water partition coefficient (Wildman–Crippen LogP) is 2.45. The summed E-state index contributed by atoms with van der Waals surface area (Å²) in [5.74, 6) is 1.89. The lowest BCUT2D eigenvalue weighted by Crippen LogP contribution is -2.52. The van der Waals surface area contributed by atoms with Gasteiger partial charge in [0.05, 0.1) is 20.3 Å². The van der Waals surface area contributed by atoms with Crippen molar-refractivity contribution in [2.75, 3.05) is 78.7 Å². The molecule has 0 amide bonds. The Morgan fingerprint density at radius 2 is 1.86 bits per heavy atom. The predicted molar refractivity (Wildman–Crippen MR) is 125 cm³/mol. The van der Waals surface area contributed by atoms with E-state index in [1.165, 1.54) is 5.69 Å². The molecule has 1 aromatic rings. The normalized spacial score (nSPS) is 14.6. The van der Waals surface area contributed by atoms with Crippen molar-refractivity contribution in [1.29, 1.82) is 0 Å². The molecule has 0 radical (unpaired) electrons. The Morgan fingerprint density at radius 3 is 2.54 bits per heavy atom. The summed E-state index contributed by atoms with van der Waals surface area (Å²) in [6.45, 7) is 6.88. The van der Waals surface area contributed by atoms with E-state index in [4.69, 9.17) is 14.2 Å². The number of hydrogen-bond acceptors (Lipinski definition) is 5. The number of piperazine rings is 1. The number of anilines is 1. The van der Waals surface area contributed by atoms with Gasteiger partial charge >= 0.3 is 0 Å². The van der Waals surface area contributed by atoms with Crippen LogP contribution in [0.5, 0.6) is 5.75 Å². The SMILES string of the molecule is CN=C(NCCCCOCCOC)N1CCN(c2cccc(OC)c2)CC1.I. The third-order valence-electron chi connectivity index (χ3n) is 4.64. The van der Waals surface area contributed by atoms with Crippen LogP contribution in [0, 0.1) is 0 Å². The number of aliphatic imine (C=N–C) groups is 1. The van der Waals surface area contributed by atoms with Crippen LogP contribution < -0.4 is 15.0 Å². The van der Waals surface area contributed by atoms with E-state index in [-0.39, 0.29) is 24.0 Å². The Hall–Kier alpha value is -1.26. The summed E-state index contributed by atoms with van der Waals surface area (Å²) in [7, 11) is 5.25. The highest BCUT2D eigenvalue weighted by molar-refractivity contribution is 14.0. The van der Waals surface area contributed by atoms with Gasteiger partial charge in [0.1, 0.15) is 5.75 Å².